The Kier molecular flexibility index (Phi) is 2.05. The van der Waals surface area contributed by atoms with Crippen LogP contribution < -0.4 is 0 Å². The summed E-state index contributed by atoms with van der Waals surface area (Å²) in [4.78, 5) is 0.515. The standard InChI is InChI=1S/C9H8F2S/c10-7-4-3-6-2-1-5-12-9(6)8(7)11/h3-4H,1-2,5H2. The number of halogens is 2. The Bertz CT molecular complexity index is 310. The van der Waals surface area contributed by atoms with Gasteiger partial charge in [-0.15, -0.1) is 11.8 Å². The maximum atomic E-state index is 13.1. The van der Waals surface area contributed by atoms with E-state index < -0.39 is 11.6 Å². The molecule has 0 aromatic heterocycles. The number of benzene rings is 1. The summed E-state index contributed by atoms with van der Waals surface area (Å²) in [5.41, 5.74) is 0.949. The van der Waals surface area contributed by atoms with Crippen molar-refractivity contribution in [1.29, 1.82) is 0 Å². The van der Waals surface area contributed by atoms with Crippen LogP contribution in [0.3, 0.4) is 0 Å². The van der Waals surface area contributed by atoms with Crippen LogP contribution in [-0.2, 0) is 6.42 Å². The van der Waals surface area contributed by atoms with Gasteiger partial charge in [-0.2, -0.15) is 0 Å². The van der Waals surface area contributed by atoms with Gasteiger partial charge in [0.05, 0.1) is 0 Å². The number of hydrogen-bond acceptors (Lipinski definition) is 1. The van der Waals surface area contributed by atoms with E-state index in [1.807, 2.05) is 0 Å². The van der Waals surface area contributed by atoms with Crippen LogP contribution in [0.4, 0.5) is 8.78 Å². The highest BCUT2D eigenvalue weighted by atomic mass is 32.2. The number of thioether (sulfide) groups is 1. The fourth-order valence-corrected chi connectivity index (χ4v) is 2.43. The van der Waals surface area contributed by atoms with Gasteiger partial charge in [0.25, 0.3) is 0 Å². The Morgan fingerprint density at radius 3 is 2.92 bits per heavy atom. The molecule has 64 valence electrons. The Morgan fingerprint density at radius 2 is 2.08 bits per heavy atom. The summed E-state index contributed by atoms with van der Waals surface area (Å²) in [5, 5.41) is 0. The summed E-state index contributed by atoms with van der Waals surface area (Å²) >= 11 is 1.41. The van der Waals surface area contributed by atoms with E-state index in [2.05, 4.69) is 0 Å². The average Bonchev–Trinajstić information content (AvgIpc) is 2.12. The van der Waals surface area contributed by atoms with Gasteiger partial charge in [0, 0.05) is 4.90 Å². The molecule has 0 spiro atoms. The van der Waals surface area contributed by atoms with Gasteiger partial charge in [-0.25, -0.2) is 8.78 Å². The smallest absolute Gasteiger partial charge is 0.172 e. The molecule has 1 heterocycles. The quantitative estimate of drug-likeness (QED) is 0.600. The molecule has 0 aliphatic carbocycles. The summed E-state index contributed by atoms with van der Waals surface area (Å²) in [6.07, 6.45) is 1.93. The van der Waals surface area contributed by atoms with Crippen molar-refractivity contribution in [3.63, 3.8) is 0 Å². The Labute approximate surface area is 74.0 Å². The molecule has 0 saturated heterocycles. The van der Waals surface area contributed by atoms with Crippen molar-refractivity contribution in [2.45, 2.75) is 17.7 Å². The second-order valence-electron chi connectivity index (χ2n) is 2.80. The van der Waals surface area contributed by atoms with Gasteiger partial charge in [-0.05, 0) is 30.2 Å². The largest absolute Gasteiger partial charge is 0.204 e. The van der Waals surface area contributed by atoms with E-state index in [1.54, 1.807) is 6.07 Å². The lowest BCUT2D eigenvalue weighted by Gasteiger charge is -2.15. The first-order chi connectivity index (χ1) is 5.79. The van der Waals surface area contributed by atoms with Gasteiger partial charge in [0.15, 0.2) is 11.6 Å². The van der Waals surface area contributed by atoms with Crippen molar-refractivity contribution in [2.24, 2.45) is 0 Å². The van der Waals surface area contributed by atoms with Gasteiger partial charge in [-0.3, -0.25) is 0 Å². The predicted octanol–water partition coefficient (Wildman–Crippen LogP) is 3.00. The minimum atomic E-state index is -0.733. The van der Waals surface area contributed by atoms with Crippen LogP contribution in [0.1, 0.15) is 12.0 Å². The second kappa shape index (κ2) is 3.05. The van der Waals surface area contributed by atoms with Crippen LogP contribution in [0.2, 0.25) is 0 Å². The molecular formula is C9H8F2S. The lowest BCUT2D eigenvalue weighted by atomic mass is 10.1. The molecule has 2 rings (SSSR count). The first-order valence-electron chi connectivity index (χ1n) is 3.89. The normalized spacial score (nSPS) is 15.8. The van der Waals surface area contributed by atoms with Gasteiger partial charge in [0.1, 0.15) is 0 Å². The van der Waals surface area contributed by atoms with Crippen LogP contribution in [0.5, 0.6) is 0 Å². The third kappa shape index (κ3) is 1.22. The predicted molar refractivity (Wildman–Crippen MR) is 45.4 cm³/mol. The zero-order valence-corrected chi connectivity index (χ0v) is 7.26. The van der Waals surface area contributed by atoms with Crippen LogP contribution in [-0.4, -0.2) is 5.75 Å². The number of fused-ring (bicyclic) bond motifs is 1. The molecule has 1 aromatic rings. The molecule has 0 nitrogen and oxygen atoms in total. The van der Waals surface area contributed by atoms with Gasteiger partial charge in [-0.1, -0.05) is 6.07 Å². The van der Waals surface area contributed by atoms with Crippen molar-refractivity contribution in [3.05, 3.63) is 29.3 Å². The van der Waals surface area contributed by atoms with Crippen molar-refractivity contribution >= 4 is 11.8 Å². The molecule has 0 unspecified atom stereocenters. The Balaban J connectivity index is 2.54. The molecule has 1 aliphatic rings. The molecule has 1 aliphatic heterocycles. The molecule has 0 radical (unpaired) electrons. The summed E-state index contributed by atoms with van der Waals surface area (Å²) in [5.74, 6) is -0.506. The monoisotopic (exact) mass is 186 g/mol. The van der Waals surface area contributed by atoms with Gasteiger partial charge >= 0.3 is 0 Å². The van der Waals surface area contributed by atoms with E-state index in [1.165, 1.54) is 17.8 Å². The molecule has 0 bridgehead atoms. The van der Waals surface area contributed by atoms with E-state index in [4.69, 9.17) is 0 Å². The SMILES string of the molecule is Fc1ccc2c(c1F)SCCC2. The molecule has 1 aromatic carbocycles. The topological polar surface area (TPSA) is 0 Å². The van der Waals surface area contributed by atoms with E-state index in [9.17, 15) is 8.78 Å². The van der Waals surface area contributed by atoms with Gasteiger partial charge < -0.3 is 0 Å². The maximum absolute atomic E-state index is 13.1. The molecule has 0 saturated carbocycles. The lowest BCUT2D eigenvalue weighted by Crippen LogP contribution is -2.02. The summed E-state index contributed by atoms with van der Waals surface area (Å²) < 4.78 is 25.8. The van der Waals surface area contributed by atoms with Gasteiger partial charge in [0.2, 0.25) is 0 Å². The number of hydrogen-bond donors (Lipinski definition) is 0. The lowest BCUT2D eigenvalue weighted by molar-refractivity contribution is 0.487. The Hall–Kier alpha value is -0.570. The highest BCUT2D eigenvalue weighted by Crippen LogP contribution is 2.33. The highest BCUT2D eigenvalue weighted by molar-refractivity contribution is 7.99. The third-order valence-corrected chi connectivity index (χ3v) is 3.19. The van der Waals surface area contributed by atoms with Crippen LogP contribution in [0.15, 0.2) is 17.0 Å². The Morgan fingerprint density at radius 1 is 1.25 bits per heavy atom. The zero-order valence-electron chi connectivity index (χ0n) is 6.44. The van der Waals surface area contributed by atoms with Crippen molar-refractivity contribution < 1.29 is 8.78 Å². The van der Waals surface area contributed by atoms with Crippen molar-refractivity contribution in [3.8, 4) is 0 Å². The second-order valence-corrected chi connectivity index (χ2v) is 3.91. The first-order valence-corrected chi connectivity index (χ1v) is 4.87. The summed E-state index contributed by atoms with van der Waals surface area (Å²) in [6.45, 7) is 0. The molecule has 0 fully saturated rings. The minimum absolute atomic E-state index is 0.515. The molecular weight excluding hydrogens is 178 g/mol. The molecule has 0 atom stereocenters. The van der Waals surface area contributed by atoms with E-state index in [-0.39, 0.29) is 0 Å². The fourth-order valence-electron chi connectivity index (χ4n) is 1.36. The third-order valence-electron chi connectivity index (χ3n) is 1.97. The first kappa shape index (κ1) is 8.05. The van der Waals surface area contributed by atoms with E-state index >= 15 is 0 Å². The number of rotatable bonds is 0. The molecule has 3 heteroatoms. The molecule has 0 N–H and O–H groups in total. The number of aryl methyl sites for hydroxylation is 1. The van der Waals surface area contributed by atoms with Crippen LogP contribution >= 0.6 is 11.8 Å². The highest BCUT2D eigenvalue weighted by Gasteiger charge is 2.16. The minimum Gasteiger partial charge on any atom is -0.204 e. The van der Waals surface area contributed by atoms with E-state index in [0.29, 0.717) is 4.90 Å². The molecule has 0 amide bonds. The van der Waals surface area contributed by atoms with E-state index in [0.717, 1.165) is 24.2 Å². The summed E-state index contributed by atoms with van der Waals surface area (Å²) in [7, 11) is 0. The zero-order chi connectivity index (χ0) is 8.55. The molecule has 12 heavy (non-hydrogen) atoms. The van der Waals surface area contributed by atoms with Crippen molar-refractivity contribution in [2.75, 3.05) is 5.75 Å². The fraction of sp³-hybridized carbons (Fsp3) is 0.333. The average molecular weight is 186 g/mol. The maximum Gasteiger partial charge on any atom is 0.172 e. The van der Waals surface area contributed by atoms with Crippen LogP contribution in [0.25, 0.3) is 0 Å². The van der Waals surface area contributed by atoms with Crippen LogP contribution in [0, 0.1) is 11.6 Å². The summed E-state index contributed by atoms with van der Waals surface area (Å²) in [6, 6.07) is 2.89. The van der Waals surface area contributed by atoms with Crippen molar-refractivity contribution in [1.82, 2.24) is 0 Å².